The summed E-state index contributed by atoms with van der Waals surface area (Å²) in [6, 6.07) is 0. The van der Waals surface area contributed by atoms with Gasteiger partial charge in [0.25, 0.3) is 0 Å². The van der Waals surface area contributed by atoms with Gasteiger partial charge in [0, 0.05) is 5.92 Å². The molecule has 3 saturated heterocycles. The maximum atomic E-state index is 13.5. The van der Waals surface area contributed by atoms with Crippen molar-refractivity contribution in [2.45, 2.75) is 103 Å². The molecule has 2 N–H and O–H groups in total. The Balaban J connectivity index is 2.15. The van der Waals surface area contributed by atoms with Gasteiger partial charge in [-0.15, -0.1) is 0 Å². The zero-order chi connectivity index (χ0) is 21.4. The lowest BCUT2D eigenvalue weighted by atomic mass is 9.72. The van der Waals surface area contributed by atoms with E-state index in [9.17, 15) is 14.7 Å². The topological polar surface area (TPSA) is 94.1 Å². The molecule has 3 fully saturated rings. The summed E-state index contributed by atoms with van der Waals surface area (Å²) >= 11 is 0. The van der Waals surface area contributed by atoms with Gasteiger partial charge in [0.2, 0.25) is 0 Å². The van der Waals surface area contributed by atoms with Gasteiger partial charge in [0.05, 0.1) is 12.5 Å². The maximum Gasteiger partial charge on any atom is 0.309 e. The van der Waals surface area contributed by atoms with Crippen molar-refractivity contribution in [2.75, 3.05) is 13.2 Å². The molecule has 0 aromatic carbocycles. The zero-order valence-corrected chi connectivity index (χ0v) is 18.4. The van der Waals surface area contributed by atoms with Crippen LogP contribution in [-0.2, 0) is 23.9 Å². The van der Waals surface area contributed by atoms with Crippen LogP contribution in [0.5, 0.6) is 0 Å². The fourth-order valence-corrected chi connectivity index (χ4v) is 4.62. The minimum Gasteiger partial charge on any atom is -0.462 e. The predicted molar refractivity (Wildman–Crippen MR) is 109 cm³/mol. The van der Waals surface area contributed by atoms with Gasteiger partial charge in [0.1, 0.15) is 18.8 Å². The fourth-order valence-electron chi connectivity index (χ4n) is 4.62. The number of esters is 1. The van der Waals surface area contributed by atoms with E-state index in [1.54, 1.807) is 0 Å². The van der Waals surface area contributed by atoms with E-state index in [1.165, 1.54) is 0 Å². The highest BCUT2D eigenvalue weighted by molar-refractivity contribution is 5.92. The number of hydrogen-bond acceptors (Lipinski definition) is 7. The Morgan fingerprint density at radius 3 is 2.10 bits per heavy atom. The van der Waals surface area contributed by atoms with Crippen molar-refractivity contribution in [3.63, 3.8) is 0 Å². The van der Waals surface area contributed by atoms with Gasteiger partial charge in [-0.3, -0.25) is 14.4 Å². The van der Waals surface area contributed by atoms with Crippen LogP contribution < -0.4 is 5.48 Å². The molecule has 4 unspecified atom stereocenters. The summed E-state index contributed by atoms with van der Waals surface area (Å²) < 4.78 is 11.5. The monoisotopic (exact) mass is 413 g/mol. The third kappa shape index (κ3) is 5.19. The lowest BCUT2D eigenvalue weighted by Crippen LogP contribution is -2.75. The number of carbonyl (C=O) groups is 2. The molecule has 3 aliphatic rings. The molecule has 29 heavy (non-hydrogen) atoms. The summed E-state index contributed by atoms with van der Waals surface area (Å²) in [4.78, 5) is 31.7. The van der Waals surface area contributed by atoms with Crippen LogP contribution in [0.3, 0.4) is 0 Å². The lowest BCUT2D eigenvalue weighted by Gasteiger charge is -2.52. The molecule has 7 heteroatoms. The molecular weight excluding hydrogens is 374 g/mol. The fraction of sp³-hybridized carbons (Fsp3) is 0.909. The first-order valence-electron chi connectivity index (χ1n) is 11.4. The molecule has 0 saturated carbocycles. The van der Waals surface area contributed by atoms with Crippen molar-refractivity contribution in [3.05, 3.63) is 0 Å². The highest BCUT2D eigenvalue weighted by Gasteiger charge is 2.67. The summed E-state index contributed by atoms with van der Waals surface area (Å²) in [5.41, 5.74) is 1.31. The second-order valence-electron chi connectivity index (χ2n) is 8.39. The average molecular weight is 414 g/mol. The molecule has 4 atom stereocenters. The summed E-state index contributed by atoms with van der Waals surface area (Å²) in [6.07, 6.45) is 4.27. The highest BCUT2D eigenvalue weighted by atomic mass is 16.7. The number of fused-ring (bicyclic) bond motifs is 3. The lowest BCUT2D eigenvalue weighted by molar-refractivity contribution is -0.295. The molecule has 0 amide bonds. The number of Topliss-reactive ketones (excluding diaryl/α,β-unsaturated/α-hetero) is 1. The molecular formula is C22H39NO6. The normalized spacial score (nSPS) is 28.9. The summed E-state index contributed by atoms with van der Waals surface area (Å²) in [5, 5.41) is 10.8. The van der Waals surface area contributed by atoms with Crippen molar-refractivity contribution < 1.29 is 29.0 Å². The van der Waals surface area contributed by atoms with Crippen LogP contribution >= 0.6 is 0 Å². The van der Waals surface area contributed by atoms with Gasteiger partial charge in [-0.2, -0.15) is 5.48 Å². The van der Waals surface area contributed by atoms with Gasteiger partial charge in [-0.1, -0.05) is 53.4 Å². The predicted octanol–water partition coefficient (Wildman–Crippen LogP) is 2.93. The Hall–Kier alpha value is -1.02. The standard InChI is InChI=1S/C22H39NO6/c1-5-9-15(10-6-2)19(24)22-18(29-23-13-17(28-22)20(22)25)14-27-21(26)16(11-7-3)12-8-4/h15-18,20,23,25H,5-14H2,1-4H3. The van der Waals surface area contributed by atoms with E-state index in [0.717, 1.165) is 51.4 Å². The van der Waals surface area contributed by atoms with Crippen molar-refractivity contribution in [1.29, 1.82) is 0 Å². The Morgan fingerprint density at radius 2 is 1.59 bits per heavy atom. The number of hydrogen-bond donors (Lipinski definition) is 2. The van der Waals surface area contributed by atoms with Crippen LogP contribution in [-0.4, -0.2) is 53.9 Å². The quantitative estimate of drug-likeness (QED) is 0.448. The van der Waals surface area contributed by atoms with Crippen LogP contribution in [0.1, 0.15) is 79.1 Å². The number of nitrogens with one attached hydrogen (secondary N) is 1. The van der Waals surface area contributed by atoms with Crippen LogP contribution in [0.2, 0.25) is 0 Å². The second-order valence-corrected chi connectivity index (χ2v) is 8.39. The second kappa shape index (κ2) is 11.4. The third-order valence-corrected chi connectivity index (χ3v) is 6.14. The molecule has 2 bridgehead atoms. The molecule has 0 aromatic heterocycles. The first-order chi connectivity index (χ1) is 14.0. The minimum absolute atomic E-state index is 0.115. The Kier molecular flexibility index (Phi) is 9.53. The molecule has 168 valence electrons. The van der Waals surface area contributed by atoms with Crippen LogP contribution in [0.4, 0.5) is 0 Å². The van der Waals surface area contributed by atoms with Gasteiger partial charge in [-0.25, -0.2) is 0 Å². The van der Waals surface area contributed by atoms with E-state index in [0.29, 0.717) is 6.54 Å². The van der Waals surface area contributed by atoms with E-state index in [2.05, 4.69) is 5.48 Å². The third-order valence-electron chi connectivity index (χ3n) is 6.14. The molecule has 0 aliphatic carbocycles. The van der Waals surface area contributed by atoms with E-state index in [4.69, 9.17) is 14.3 Å². The summed E-state index contributed by atoms with van der Waals surface area (Å²) in [7, 11) is 0. The van der Waals surface area contributed by atoms with Crippen LogP contribution in [0.25, 0.3) is 0 Å². The summed E-state index contributed by atoms with van der Waals surface area (Å²) in [6.45, 7) is 8.35. The van der Waals surface area contributed by atoms with Crippen molar-refractivity contribution in [2.24, 2.45) is 11.8 Å². The maximum absolute atomic E-state index is 13.5. The number of aliphatic hydroxyl groups excluding tert-OH is 1. The van der Waals surface area contributed by atoms with E-state index in [1.807, 2.05) is 27.7 Å². The average Bonchev–Trinajstić information content (AvgIpc) is 2.99. The van der Waals surface area contributed by atoms with Gasteiger partial charge < -0.3 is 14.6 Å². The number of aliphatic hydroxyl groups is 1. The zero-order valence-electron chi connectivity index (χ0n) is 18.4. The first-order valence-corrected chi connectivity index (χ1v) is 11.4. The van der Waals surface area contributed by atoms with Gasteiger partial charge >= 0.3 is 5.97 Å². The smallest absolute Gasteiger partial charge is 0.309 e. The van der Waals surface area contributed by atoms with E-state index >= 15 is 0 Å². The number of hydroxylamine groups is 1. The molecule has 0 radical (unpaired) electrons. The number of ketones is 1. The van der Waals surface area contributed by atoms with Gasteiger partial charge in [0.15, 0.2) is 17.5 Å². The molecule has 3 heterocycles. The van der Waals surface area contributed by atoms with E-state index in [-0.39, 0.29) is 30.2 Å². The van der Waals surface area contributed by atoms with Crippen LogP contribution in [0.15, 0.2) is 0 Å². The largest absolute Gasteiger partial charge is 0.462 e. The van der Waals surface area contributed by atoms with Crippen molar-refractivity contribution in [1.82, 2.24) is 5.48 Å². The molecule has 0 aromatic rings. The molecule has 7 nitrogen and oxygen atoms in total. The SMILES string of the molecule is CCCC(CCC)C(=O)OCC1ONCC2OC1(C(=O)C(CCC)CCC)C2O. The van der Waals surface area contributed by atoms with E-state index < -0.39 is 23.9 Å². The van der Waals surface area contributed by atoms with Gasteiger partial charge in [-0.05, 0) is 25.7 Å². The van der Waals surface area contributed by atoms with Crippen molar-refractivity contribution >= 4 is 11.8 Å². The first kappa shape index (κ1) is 24.3. The molecule has 0 spiro atoms. The molecule has 3 rings (SSSR count). The molecule has 3 aliphatic heterocycles. The Labute approximate surface area is 174 Å². The van der Waals surface area contributed by atoms with Crippen molar-refractivity contribution in [3.8, 4) is 0 Å². The Bertz CT molecular complexity index is 529. The Morgan fingerprint density at radius 1 is 1.03 bits per heavy atom. The number of carbonyl (C=O) groups excluding carboxylic acids is 2. The minimum atomic E-state index is -1.46. The van der Waals surface area contributed by atoms with Crippen LogP contribution in [0, 0.1) is 11.8 Å². The number of ether oxygens (including phenoxy) is 2. The number of rotatable bonds is 13. The highest BCUT2D eigenvalue weighted by Crippen LogP contribution is 2.43. The summed E-state index contributed by atoms with van der Waals surface area (Å²) in [5.74, 6) is -0.752.